The topological polar surface area (TPSA) is 20.3 Å². The zero-order valence-electron chi connectivity index (χ0n) is 11.3. The highest BCUT2D eigenvalue weighted by Gasteiger charge is 2.09. The molecular formula is C18H15NO. The highest BCUT2D eigenvalue weighted by molar-refractivity contribution is 6.01. The Kier molecular flexibility index (Phi) is 4.36. The number of nitrogens with zero attached hydrogens (tertiary/aromatic N) is 1. The van der Waals surface area contributed by atoms with E-state index in [-0.39, 0.29) is 5.91 Å². The molecule has 20 heavy (non-hydrogen) atoms. The summed E-state index contributed by atoms with van der Waals surface area (Å²) in [5.41, 5.74) is 2.54. The van der Waals surface area contributed by atoms with Crippen molar-refractivity contribution in [2.24, 2.45) is 0 Å². The normalized spacial score (nSPS) is 9.25. The Morgan fingerprint density at radius 1 is 1.05 bits per heavy atom. The smallest absolute Gasteiger partial charge is 0.250 e. The lowest BCUT2D eigenvalue weighted by atomic mass is 10.1. The molecule has 0 saturated heterocycles. The maximum atomic E-state index is 11.7. The van der Waals surface area contributed by atoms with E-state index < -0.39 is 0 Å². The molecule has 98 valence electrons. The van der Waals surface area contributed by atoms with Gasteiger partial charge in [0, 0.05) is 18.2 Å². The summed E-state index contributed by atoms with van der Waals surface area (Å²) >= 11 is 0. The van der Waals surface area contributed by atoms with Crippen molar-refractivity contribution in [1.29, 1.82) is 0 Å². The molecule has 0 N–H and O–H groups in total. The Balaban J connectivity index is 2.37. The van der Waals surface area contributed by atoms with Crippen LogP contribution in [0.4, 0.5) is 5.69 Å². The second-order valence-corrected chi connectivity index (χ2v) is 4.23. The van der Waals surface area contributed by atoms with Gasteiger partial charge in [-0.1, -0.05) is 48.8 Å². The number of para-hydroxylation sites is 1. The van der Waals surface area contributed by atoms with Crippen molar-refractivity contribution < 1.29 is 4.79 Å². The molecule has 2 heteroatoms. The summed E-state index contributed by atoms with van der Waals surface area (Å²) in [7, 11) is 1.72. The molecular weight excluding hydrogens is 246 g/mol. The molecule has 2 aromatic rings. The zero-order valence-corrected chi connectivity index (χ0v) is 11.3. The summed E-state index contributed by atoms with van der Waals surface area (Å²) in [5, 5.41) is 0. The summed E-state index contributed by atoms with van der Waals surface area (Å²) in [4.78, 5) is 13.2. The predicted octanol–water partition coefficient (Wildman–Crippen LogP) is 3.24. The van der Waals surface area contributed by atoms with E-state index in [1.54, 1.807) is 11.9 Å². The van der Waals surface area contributed by atoms with Crippen LogP contribution in [0.3, 0.4) is 0 Å². The fourth-order valence-corrected chi connectivity index (χ4v) is 1.79. The number of likely N-dealkylation sites (N-methyl/N-ethyl adjacent to an activating group) is 1. The van der Waals surface area contributed by atoms with Crippen LogP contribution in [0.2, 0.25) is 0 Å². The third kappa shape index (κ3) is 3.15. The number of anilines is 1. The SMILES string of the molecule is C=CC(=O)N(C)c1ccccc1C#Cc1ccccc1. The van der Waals surface area contributed by atoms with Crippen LogP contribution in [-0.2, 0) is 4.79 Å². The predicted molar refractivity (Wildman–Crippen MR) is 82.5 cm³/mol. The lowest BCUT2D eigenvalue weighted by Crippen LogP contribution is -2.24. The van der Waals surface area contributed by atoms with Gasteiger partial charge in [-0.2, -0.15) is 0 Å². The van der Waals surface area contributed by atoms with Crippen LogP contribution in [0.5, 0.6) is 0 Å². The number of benzene rings is 2. The Bertz CT molecular complexity index is 677. The maximum Gasteiger partial charge on any atom is 0.250 e. The highest BCUT2D eigenvalue weighted by Crippen LogP contribution is 2.18. The molecule has 0 aliphatic rings. The molecule has 0 atom stereocenters. The van der Waals surface area contributed by atoms with Crippen molar-refractivity contribution in [3.63, 3.8) is 0 Å². The number of rotatable bonds is 2. The molecule has 2 rings (SSSR count). The molecule has 0 aromatic heterocycles. The van der Waals surface area contributed by atoms with Crippen LogP contribution in [0.25, 0.3) is 0 Å². The number of amides is 1. The van der Waals surface area contributed by atoms with Crippen LogP contribution >= 0.6 is 0 Å². The molecule has 0 fully saturated rings. The fourth-order valence-electron chi connectivity index (χ4n) is 1.79. The maximum absolute atomic E-state index is 11.7. The van der Waals surface area contributed by atoms with Crippen LogP contribution in [0.1, 0.15) is 11.1 Å². The lowest BCUT2D eigenvalue weighted by molar-refractivity contribution is -0.113. The summed E-state index contributed by atoms with van der Waals surface area (Å²) in [5.74, 6) is 6.06. The molecule has 0 unspecified atom stereocenters. The number of hydrogen-bond acceptors (Lipinski definition) is 1. The van der Waals surface area contributed by atoms with Crippen molar-refractivity contribution in [3.05, 3.63) is 78.4 Å². The monoisotopic (exact) mass is 261 g/mol. The van der Waals surface area contributed by atoms with Crippen LogP contribution in [0.15, 0.2) is 67.3 Å². The van der Waals surface area contributed by atoms with Crippen molar-refractivity contribution in [3.8, 4) is 11.8 Å². The first-order chi connectivity index (χ1) is 9.72. The van der Waals surface area contributed by atoms with E-state index in [4.69, 9.17) is 0 Å². The Morgan fingerprint density at radius 2 is 1.70 bits per heavy atom. The van der Waals surface area contributed by atoms with E-state index in [0.29, 0.717) is 0 Å². The second kappa shape index (κ2) is 6.40. The first-order valence-corrected chi connectivity index (χ1v) is 6.28. The molecule has 0 saturated carbocycles. The van der Waals surface area contributed by atoms with Crippen molar-refractivity contribution >= 4 is 11.6 Å². The molecule has 0 heterocycles. The van der Waals surface area contributed by atoms with Gasteiger partial charge in [0.2, 0.25) is 5.91 Å². The van der Waals surface area contributed by atoms with Crippen molar-refractivity contribution in [1.82, 2.24) is 0 Å². The van der Waals surface area contributed by atoms with Gasteiger partial charge in [-0.3, -0.25) is 4.79 Å². The quantitative estimate of drug-likeness (QED) is 0.600. The van der Waals surface area contributed by atoms with Gasteiger partial charge in [0.1, 0.15) is 0 Å². The zero-order chi connectivity index (χ0) is 14.4. The van der Waals surface area contributed by atoms with Crippen LogP contribution in [-0.4, -0.2) is 13.0 Å². The lowest BCUT2D eigenvalue weighted by Gasteiger charge is -2.16. The molecule has 0 bridgehead atoms. The van der Waals surface area contributed by atoms with E-state index in [9.17, 15) is 4.79 Å². The third-order valence-corrected chi connectivity index (χ3v) is 2.89. The third-order valence-electron chi connectivity index (χ3n) is 2.89. The van der Waals surface area contributed by atoms with Crippen LogP contribution in [0, 0.1) is 11.8 Å². The minimum absolute atomic E-state index is 0.154. The van der Waals surface area contributed by atoms with Gasteiger partial charge in [0.25, 0.3) is 0 Å². The van der Waals surface area contributed by atoms with Gasteiger partial charge in [-0.05, 0) is 30.3 Å². The van der Waals surface area contributed by atoms with Crippen molar-refractivity contribution in [2.75, 3.05) is 11.9 Å². The fraction of sp³-hybridized carbons (Fsp3) is 0.0556. The standard InChI is InChI=1S/C18H15NO/c1-3-18(20)19(2)17-12-8-7-11-16(17)14-13-15-9-5-4-6-10-15/h3-12H,1H2,2H3. The van der Waals surface area contributed by atoms with E-state index >= 15 is 0 Å². The minimum Gasteiger partial charge on any atom is -0.311 e. The summed E-state index contributed by atoms with van der Waals surface area (Å²) in [6, 6.07) is 17.3. The van der Waals surface area contributed by atoms with E-state index in [0.717, 1.165) is 16.8 Å². The Morgan fingerprint density at radius 3 is 2.40 bits per heavy atom. The molecule has 0 aliphatic carbocycles. The highest BCUT2D eigenvalue weighted by atomic mass is 16.2. The molecule has 0 spiro atoms. The summed E-state index contributed by atoms with van der Waals surface area (Å²) in [6.07, 6.45) is 1.29. The second-order valence-electron chi connectivity index (χ2n) is 4.23. The average Bonchev–Trinajstić information content (AvgIpc) is 2.52. The molecule has 0 aliphatic heterocycles. The van der Waals surface area contributed by atoms with Crippen LogP contribution < -0.4 is 4.90 Å². The Labute approximate surface area is 119 Å². The first kappa shape index (κ1) is 13.6. The number of hydrogen-bond donors (Lipinski definition) is 0. The number of carbonyl (C=O) groups is 1. The summed E-state index contributed by atoms with van der Waals surface area (Å²) in [6.45, 7) is 3.50. The van der Waals surface area contributed by atoms with E-state index in [2.05, 4.69) is 18.4 Å². The van der Waals surface area contributed by atoms with Gasteiger partial charge < -0.3 is 4.90 Å². The molecule has 0 radical (unpaired) electrons. The largest absolute Gasteiger partial charge is 0.311 e. The van der Waals surface area contributed by atoms with Gasteiger partial charge in [-0.15, -0.1) is 0 Å². The van der Waals surface area contributed by atoms with Gasteiger partial charge in [0.05, 0.1) is 5.69 Å². The molecule has 1 amide bonds. The van der Waals surface area contributed by atoms with E-state index in [1.165, 1.54) is 6.08 Å². The van der Waals surface area contributed by atoms with Gasteiger partial charge in [-0.25, -0.2) is 0 Å². The van der Waals surface area contributed by atoms with E-state index in [1.807, 2.05) is 54.6 Å². The van der Waals surface area contributed by atoms with Crippen molar-refractivity contribution in [2.45, 2.75) is 0 Å². The average molecular weight is 261 g/mol. The molecule has 2 nitrogen and oxygen atoms in total. The van der Waals surface area contributed by atoms with Gasteiger partial charge in [0.15, 0.2) is 0 Å². The summed E-state index contributed by atoms with van der Waals surface area (Å²) < 4.78 is 0. The minimum atomic E-state index is -0.154. The first-order valence-electron chi connectivity index (χ1n) is 6.28. The number of carbonyl (C=O) groups excluding carboxylic acids is 1. The molecule has 2 aromatic carbocycles. The van der Waals surface area contributed by atoms with Gasteiger partial charge >= 0.3 is 0 Å². The Hall–Kier alpha value is -2.79.